The maximum atomic E-state index is 12.4. The molecule has 3 aromatic rings. The Bertz CT molecular complexity index is 1190. The van der Waals surface area contributed by atoms with E-state index < -0.39 is 0 Å². The third kappa shape index (κ3) is 3.75. The second-order valence-electron chi connectivity index (χ2n) is 8.45. The SMILES string of the molecule is CC(=O)N1c2ccc(/C(C=N)=C/NC3CC3)c(Oc3nc4ccccc4o3)c2CCC1C. The van der Waals surface area contributed by atoms with Gasteiger partial charge in [0.15, 0.2) is 5.58 Å². The van der Waals surface area contributed by atoms with E-state index in [4.69, 9.17) is 14.6 Å². The van der Waals surface area contributed by atoms with Crippen molar-refractivity contribution in [2.75, 3.05) is 4.90 Å². The number of para-hydroxylation sites is 2. The van der Waals surface area contributed by atoms with Gasteiger partial charge in [0.25, 0.3) is 0 Å². The van der Waals surface area contributed by atoms with Crippen LogP contribution in [0, 0.1) is 5.41 Å². The van der Waals surface area contributed by atoms with Crippen molar-refractivity contribution in [3.05, 3.63) is 53.7 Å². The lowest BCUT2D eigenvalue weighted by Crippen LogP contribution is -2.40. The zero-order valence-electron chi connectivity index (χ0n) is 18.2. The highest BCUT2D eigenvalue weighted by molar-refractivity contribution is 6.10. The van der Waals surface area contributed by atoms with E-state index in [1.165, 1.54) is 6.21 Å². The quantitative estimate of drug-likeness (QED) is 0.534. The van der Waals surface area contributed by atoms with Gasteiger partial charge in [0.2, 0.25) is 5.91 Å². The molecule has 1 aliphatic heterocycles. The summed E-state index contributed by atoms with van der Waals surface area (Å²) in [6, 6.07) is 11.9. The third-order valence-corrected chi connectivity index (χ3v) is 6.07. The molecule has 1 aliphatic carbocycles. The molecule has 1 saturated carbocycles. The molecule has 7 nitrogen and oxygen atoms in total. The molecule has 1 amide bonds. The number of rotatable bonds is 6. The van der Waals surface area contributed by atoms with Gasteiger partial charge in [0.05, 0.1) is 5.69 Å². The van der Waals surface area contributed by atoms with Crippen LogP contribution < -0.4 is 15.0 Å². The number of oxazole rings is 1. The normalized spacial score (nSPS) is 18.4. The molecule has 2 aromatic carbocycles. The molecule has 2 N–H and O–H groups in total. The molecular weight excluding hydrogens is 404 g/mol. The summed E-state index contributed by atoms with van der Waals surface area (Å²) in [5.74, 6) is 0.580. The first-order valence-corrected chi connectivity index (χ1v) is 11.0. The van der Waals surface area contributed by atoms with Gasteiger partial charge in [0.1, 0.15) is 11.3 Å². The molecule has 5 rings (SSSR count). The van der Waals surface area contributed by atoms with E-state index in [9.17, 15) is 4.79 Å². The van der Waals surface area contributed by atoms with Crippen molar-refractivity contribution in [3.63, 3.8) is 0 Å². The van der Waals surface area contributed by atoms with Crippen molar-refractivity contribution in [1.82, 2.24) is 10.3 Å². The molecule has 0 radical (unpaired) electrons. The zero-order valence-corrected chi connectivity index (χ0v) is 18.2. The lowest BCUT2D eigenvalue weighted by atomic mass is 9.92. The van der Waals surface area contributed by atoms with Gasteiger partial charge in [-0.25, -0.2) is 0 Å². The first-order valence-electron chi connectivity index (χ1n) is 11.0. The highest BCUT2D eigenvalue weighted by atomic mass is 16.6. The second-order valence-corrected chi connectivity index (χ2v) is 8.45. The minimum Gasteiger partial charge on any atom is -0.410 e. The number of nitrogens with zero attached hydrogens (tertiary/aromatic N) is 2. The summed E-state index contributed by atoms with van der Waals surface area (Å²) in [4.78, 5) is 18.7. The van der Waals surface area contributed by atoms with E-state index in [2.05, 4.69) is 17.2 Å². The van der Waals surface area contributed by atoms with Crippen LogP contribution in [0.15, 0.2) is 47.0 Å². The topological polar surface area (TPSA) is 91.5 Å². The summed E-state index contributed by atoms with van der Waals surface area (Å²) in [5, 5.41) is 11.4. The maximum absolute atomic E-state index is 12.4. The Balaban J connectivity index is 1.63. The van der Waals surface area contributed by atoms with Gasteiger partial charge in [-0.1, -0.05) is 12.1 Å². The van der Waals surface area contributed by atoms with Gasteiger partial charge in [-0.05, 0) is 56.9 Å². The van der Waals surface area contributed by atoms with Crippen LogP contribution in [0.5, 0.6) is 11.8 Å². The first kappa shape index (κ1) is 20.3. The van der Waals surface area contributed by atoms with Crippen LogP contribution in [-0.2, 0) is 11.2 Å². The van der Waals surface area contributed by atoms with Crippen LogP contribution >= 0.6 is 0 Å². The Morgan fingerprint density at radius 3 is 2.78 bits per heavy atom. The Kier molecular flexibility index (Phi) is 5.17. The van der Waals surface area contributed by atoms with Gasteiger partial charge in [-0.2, -0.15) is 4.98 Å². The highest BCUT2D eigenvalue weighted by Gasteiger charge is 2.31. The zero-order chi connectivity index (χ0) is 22.2. The third-order valence-electron chi connectivity index (χ3n) is 6.07. The number of benzene rings is 2. The van der Waals surface area contributed by atoms with Crippen molar-refractivity contribution in [2.24, 2.45) is 0 Å². The maximum Gasteiger partial charge on any atom is 0.400 e. The van der Waals surface area contributed by atoms with Crippen molar-refractivity contribution < 1.29 is 13.9 Å². The summed E-state index contributed by atoms with van der Waals surface area (Å²) in [7, 11) is 0. The summed E-state index contributed by atoms with van der Waals surface area (Å²) < 4.78 is 12.1. The largest absolute Gasteiger partial charge is 0.410 e. The van der Waals surface area contributed by atoms with Crippen LogP contribution in [0.1, 0.15) is 44.2 Å². The number of aromatic nitrogens is 1. The summed E-state index contributed by atoms with van der Waals surface area (Å²) in [6.07, 6.45) is 7.21. The number of anilines is 1. The predicted molar refractivity (Wildman–Crippen MR) is 124 cm³/mol. The summed E-state index contributed by atoms with van der Waals surface area (Å²) in [6.45, 7) is 3.64. The molecule has 7 heteroatoms. The lowest BCUT2D eigenvalue weighted by Gasteiger charge is -2.35. The standard InChI is InChI=1S/C25H26N4O3/c1-15-7-10-20-22(29(15)16(2)30)12-11-19(17(13-26)14-27-18-8-9-18)24(20)32-25-28-21-5-3-4-6-23(21)31-25/h3-6,11-15,18,26-27H,7-10H2,1-2H3/b17-14+,26-13?. The number of carbonyl (C=O) groups excluding carboxylic acids is 1. The fourth-order valence-electron chi connectivity index (χ4n) is 4.27. The van der Waals surface area contributed by atoms with Crippen molar-refractivity contribution in [3.8, 4) is 11.8 Å². The smallest absolute Gasteiger partial charge is 0.400 e. The molecular formula is C25H26N4O3. The highest BCUT2D eigenvalue weighted by Crippen LogP contribution is 2.43. The Hall–Kier alpha value is -3.61. The van der Waals surface area contributed by atoms with Crippen LogP contribution in [0.2, 0.25) is 0 Å². The lowest BCUT2D eigenvalue weighted by molar-refractivity contribution is -0.117. The predicted octanol–water partition coefficient (Wildman–Crippen LogP) is 5.05. The van der Waals surface area contributed by atoms with E-state index in [0.717, 1.165) is 42.5 Å². The molecule has 1 fully saturated rings. The molecule has 0 bridgehead atoms. The fraction of sp³-hybridized carbons (Fsp3) is 0.320. The van der Waals surface area contributed by atoms with E-state index in [-0.39, 0.29) is 18.0 Å². The number of hydrogen-bond acceptors (Lipinski definition) is 6. The first-order chi connectivity index (χ1) is 15.5. The Morgan fingerprint density at radius 1 is 1.25 bits per heavy atom. The van der Waals surface area contributed by atoms with Gasteiger partial charge >= 0.3 is 6.08 Å². The summed E-state index contributed by atoms with van der Waals surface area (Å²) >= 11 is 0. The van der Waals surface area contributed by atoms with Gasteiger partial charge in [-0.3, -0.25) is 4.79 Å². The molecule has 0 spiro atoms. The number of nitrogens with one attached hydrogen (secondary N) is 2. The number of fused-ring (bicyclic) bond motifs is 2. The second kappa shape index (κ2) is 8.15. The van der Waals surface area contributed by atoms with E-state index >= 15 is 0 Å². The van der Waals surface area contributed by atoms with Crippen molar-refractivity contribution in [2.45, 2.75) is 51.6 Å². The number of ether oxygens (including phenoxy) is 1. The van der Waals surface area contributed by atoms with E-state index in [0.29, 0.717) is 28.5 Å². The van der Waals surface area contributed by atoms with Crippen molar-refractivity contribution >= 4 is 34.5 Å². The molecule has 164 valence electrons. The average Bonchev–Trinajstić information content (AvgIpc) is 3.52. The molecule has 1 aromatic heterocycles. The molecule has 1 atom stereocenters. The van der Waals surface area contributed by atoms with E-state index in [1.54, 1.807) is 6.92 Å². The van der Waals surface area contributed by atoms with Gasteiger partial charge in [0, 0.05) is 48.1 Å². The molecule has 1 unspecified atom stereocenters. The minimum absolute atomic E-state index is 0.00256. The number of carbonyl (C=O) groups is 1. The Morgan fingerprint density at radius 2 is 2.06 bits per heavy atom. The fourth-order valence-corrected chi connectivity index (χ4v) is 4.27. The van der Waals surface area contributed by atoms with Crippen molar-refractivity contribution in [1.29, 1.82) is 5.41 Å². The Labute approximate surface area is 186 Å². The summed E-state index contributed by atoms with van der Waals surface area (Å²) in [5.41, 5.74) is 4.60. The number of amides is 1. The molecule has 2 aliphatic rings. The average molecular weight is 431 g/mol. The van der Waals surface area contributed by atoms with Crippen LogP contribution in [0.25, 0.3) is 16.7 Å². The van der Waals surface area contributed by atoms with Gasteiger partial charge in [-0.15, -0.1) is 0 Å². The molecule has 0 saturated heterocycles. The van der Waals surface area contributed by atoms with Crippen LogP contribution in [0.4, 0.5) is 5.69 Å². The van der Waals surface area contributed by atoms with Crippen LogP contribution in [-0.4, -0.2) is 29.2 Å². The molecule has 32 heavy (non-hydrogen) atoms. The molecule has 2 heterocycles. The minimum atomic E-state index is -0.00256. The van der Waals surface area contributed by atoms with Gasteiger partial charge < -0.3 is 24.8 Å². The number of allylic oxidation sites excluding steroid dienone is 1. The van der Waals surface area contributed by atoms with Crippen LogP contribution in [0.3, 0.4) is 0 Å². The number of hydrogen-bond donors (Lipinski definition) is 2. The van der Waals surface area contributed by atoms with E-state index in [1.807, 2.05) is 47.5 Å². The monoisotopic (exact) mass is 430 g/mol.